The fraction of sp³-hybridized carbons (Fsp3) is 0.348. The Kier molecular flexibility index (Phi) is 7.53. The highest BCUT2D eigenvalue weighted by molar-refractivity contribution is 5.91. The Bertz CT molecular complexity index is 989. The van der Waals surface area contributed by atoms with Crippen molar-refractivity contribution in [3.8, 4) is 0 Å². The molecule has 0 bridgehead atoms. The van der Waals surface area contributed by atoms with Crippen molar-refractivity contribution < 1.29 is 4.39 Å². The molecular formula is C23H32FN5. The maximum atomic E-state index is 14.5. The topological polar surface area (TPSA) is 89.0 Å². The zero-order chi connectivity index (χ0) is 21.7. The molecule has 2 aromatic rings. The van der Waals surface area contributed by atoms with E-state index >= 15 is 0 Å². The zero-order valence-electron chi connectivity index (χ0n) is 18.0. The van der Waals surface area contributed by atoms with Gasteiger partial charge in [0, 0.05) is 18.5 Å². The van der Waals surface area contributed by atoms with Crippen molar-refractivity contribution in [2.75, 3.05) is 14.1 Å². The molecule has 6 heteroatoms. The molecule has 6 N–H and O–H groups in total. The average molecular weight is 398 g/mol. The SMILES string of the molecule is C=C/C(C)=C(\C=C(/NC)c1nc2cc(F)c(C)c3c2c(c1C)CCC3)NN.CN. The highest BCUT2D eigenvalue weighted by Crippen LogP contribution is 2.36. The van der Waals surface area contributed by atoms with Gasteiger partial charge in [-0.3, -0.25) is 5.84 Å². The summed E-state index contributed by atoms with van der Waals surface area (Å²) in [6.07, 6.45) is 6.58. The first-order valence-electron chi connectivity index (χ1n) is 9.81. The highest BCUT2D eigenvalue weighted by atomic mass is 19.1. The van der Waals surface area contributed by atoms with Crippen molar-refractivity contribution >= 4 is 16.6 Å². The second-order valence-electron chi connectivity index (χ2n) is 7.03. The van der Waals surface area contributed by atoms with Gasteiger partial charge in [0.15, 0.2) is 0 Å². The molecule has 156 valence electrons. The summed E-state index contributed by atoms with van der Waals surface area (Å²) in [7, 11) is 3.35. The van der Waals surface area contributed by atoms with Crippen molar-refractivity contribution in [1.82, 2.24) is 15.7 Å². The van der Waals surface area contributed by atoms with Crippen LogP contribution in [-0.4, -0.2) is 19.1 Å². The summed E-state index contributed by atoms with van der Waals surface area (Å²) < 4.78 is 14.5. The number of hydrogen-bond donors (Lipinski definition) is 4. The first kappa shape index (κ1) is 22.6. The molecule has 1 aromatic carbocycles. The number of hydrogen-bond acceptors (Lipinski definition) is 5. The summed E-state index contributed by atoms with van der Waals surface area (Å²) in [4.78, 5) is 4.84. The van der Waals surface area contributed by atoms with Crippen LogP contribution in [0.3, 0.4) is 0 Å². The lowest BCUT2D eigenvalue weighted by molar-refractivity contribution is 0.615. The predicted octanol–water partition coefficient (Wildman–Crippen LogP) is 3.54. The summed E-state index contributed by atoms with van der Waals surface area (Å²) in [5, 5.41) is 4.35. The zero-order valence-corrected chi connectivity index (χ0v) is 18.0. The third-order valence-electron chi connectivity index (χ3n) is 5.53. The van der Waals surface area contributed by atoms with E-state index in [1.807, 2.05) is 27.0 Å². The largest absolute Gasteiger partial charge is 0.386 e. The van der Waals surface area contributed by atoms with Gasteiger partial charge in [0.1, 0.15) is 5.82 Å². The van der Waals surface area contributed by atoms with E-state index in [1.165, 1.54) is 12.6 Å². The molecular weight excluding hydrogens is 365 g/mol. The number of aromatic nitrogens is 1. The number of aryl methyl sites for hydroxylation is 2. The van der Waals surface area contributed by atoms with Crippen LogP contribution in [0.1, 0.15) is 41.3 Å². The molecule has 1 aliphatic rings. The van der Waals surface area contributed by atoms with Crippen LogP contribution >= 0.6 is 0 Å². The molecule has 3 rings (SSSR count). The van der Waals surface area contributed by atoms with E-state index in [1.54, 1.807) is 12.1 Å². The van der Waals surface area contributed by atoms with Crippen molar-refractivity contribution in [2.24, 2.45) is 11.6 Å². The van der Waals surface area contributed by atoms with E-state index in [2.05, 4.69) is 30.0 Å². The van der Waals surface area contributed by atoms with Crippen LogP contribution in [0.15, 0.2) is 36.1 Å². The standard InChI is InChI=1S/C22H27FN4.CH5N/c1-6-12(2)18(27-24)11-20(25-5)22-14(4)16-9-7-8-15-13(3)17(23)10-19(26-22)21(15)16;1-2/h6,10-11,25,27H,1,7-9,24H2,2-5H3;2H2,1H3/b18-12+,20-11-;. The minimum Gasteiger partial charge on any atom is -0.386 e. The molecule has 0 spiro atoms. The molecule has 0 atom stereocenters. The van der Waals surface area contributed by atoms with Gasteiger partial charge in [0.25, 0.3) is 0 Å². The van der Waals surface area contributed by atoms with Gasteiger partial charge in [-0.25, -0.2) is 9.37 Å². The monoisotopic (exact) mass is 397 g/mol. The third-order valence-corrected chi connectivity index (χ3v) is 5.53. The molecule has 1 heterocycles. The van der Waals surface area contributed by atoms with Crippen LogP contribution < -0.4 is 22.3 Å². The molecule has 0 unspecified atom stereocenters. The Labute approximate surface area is 172 Å². The molecule has 5 nitrogen and oxygen atoms in total. The first-order valence-corrected chi connectivity index (χ1v) is 9.81. The van der Waals surface area contributed by atoms with Crippen LogP contribution in [0.5, 0.6) is 0 Å². The predicted molar refractivity (Wildman–Crippen MR) is 121 cm³/mol. The van der Waals surface area contributed by atoms with Crippen LogP contribution in [0.2, 0.25) is 0 Å². The second kappa shape index (κ2) is 9.67. The number of hydrazine groups is 1. The summed E-state index contributed by atoms with van der Waals surface area (Å²) in [6.45, 7) is 9.68. The van der Waals surface area contributed by atoms with E-state index in [0.717, 1.165) is 69.5 Å². The number of nitrogens with zero attached hydrogens (tertiary/aromatic N) is 1. The molecule has 0 aliphatic heterocycles. The van der Waals surface area contributed by atoms with Crippen molar-refractivity contribution in [3.05, 3.63) is 69.8 Å². The van der Waals surface area contributed by atoms with E-state index < -0.39 is 0 Å². The second-order valence-corrected chi connectivity index (χ2v) is 7.03. The lowest BCUT2D eigenvalue weighted by Gasteiger charge is -2.23. The summed E-state index contributed by atoms with van der Waals surface area (Å²) in [5.41, 5.74) is 15.5. The van der Waals surface area contributed by atoms with Crippen molar-refractivity contribution in [3.63, 3.8) is 0 Å². The van der Waals surface area contributed by atoms with E-state index in [9.17, 15) is 4.39 Å². The van der Waals surface area contributed by atoms with E-state index in [4.69, 9.17) is 10.8 Å². The Morgan fingerprint density at radius 3 is 2.38 bits per heavy atom. The van der Waals surface area contributed by atoms with Gasteiger partial charge in [-0.2, -0.15) is 0 Å². The number of rotatable bonds is 5. The van der Waals surface area contributed by atoms with Crippen LogP contribution in [0.25, 0.3) is 16.6 Å². The number of nitrogens with one attached hydrogen (secondary N) is 2. The van der Waals surface area contributed by atoms with Crippen LogP contribution in [-0.2, 0) is 12.8 Å². The van der Waals surface area contributed by atoms with Crippen molar-refractivity contribution in [1.29, 1.82) is 0 Å². The lowest BCUT2D eigenvalue weighted by Crippen LogP contribution is -2.22. The fourth-order valence-corrected chi connectivity index (χ4v) is 3.86. The quantitative estimate of drug-likeness (QED) is 0.352. The van der Waals surface area contributed by atoms with Gasteiger partial charge in [0.2, 0.25) is 0 Å². The molecule has 0 saturated carbocycles. The molecule has 0 saturated heterocycles. The molecule has 1 aromatic heterocycles. The molecule has 0 fully saturated rings. The number of benzene rings is 1. The molecule has 1 aliphatic carbocycles. The lowest BCUT2D eigenvalue weighted by atomic mass is 9.84. The first-order chi connectivity index (χ1) is 13.9. The molecule has 0 amide bonds. The Balaban J connectivity index is 0.00000145. The molecule has 29 heavy (non-hydrogen) atoms. The number of halogens is 1. The smallest absolute Gasteiger partial charge is 0.128 e. The number of nitrogens with two attached hydrogens (primary N) is 2. The fourth-order valence-electron chi connectivity index (χ4n) is 3.86. The summed E-state index contributed by atoms with van der Waals surface area (Å²) >= 11 is 0. The summed E-state index contributed by atoms with van der Waals surface area (Å²) in [6, 6.07) is 1.56. The maximum absolute atomic E-state index is 14.5. The number of allylic oxidation sites excluding steroid dienone is 3. The summed E-state index contributed by atoms with van der Waals surface area (Å²) in [5.74, 6) is 5.50. The van der Waals surface area contributed by atoms with Crippen molar-refractivity contribution in [2.45, 2.75) is 40.0 Å². The molecule has 0 radical (unpaired) electrons. The van der Waals surface area contributed by atoms with E-state index in [-0.39, 0.29) is 5.82 Å². The van der Waals surface area contributed by atoms with Crippen LogP contribution in [0.4, 0.5) is 4.39 Å². The number of pyridine rings is 1. The minimum absolute atomic E-state index is 0.186. The average Bonchev–Trinajstić information content (AvgIpc) is 2.76. The van der Waals surface area contributed by atoms with Crippen LogP contribution in [0, 0.1) is 19.7 Å². The van der Waals surface area contributed by atoms with E-state index in [0.29, 0.717) is 0 Å². The van der Waals surface area contributed by atoms with Gasteiger partial charge >= 0.3 is 0 Å². The Hall–Kier alpha value is -2.70. The van der Waals surface area contributed by atoms with Gasteiger partial charge in [0.05, 0.1) is 22.6 Å². The van der Waals surface area contributed by atoms with Gasteiger partial charge < -0.3 is 16.5 Å². The highest BCUT2D eigenvalue weighted by Gasteiger charge is 2.22. The minimum atomic E-state index is -0.186. The van der Waals surface area contributed by atoms with Gasteiger partial charge in [-0.15, -0.1) is 0 Å². The van der Waals surface area contributed by atoms with Gasteiger partial charge in [-0.1, -0.05) is 12.7 Å². The normalized spacial score (nSPS) is 14.0. The Morgan fingerprint density at radius 1 is 1.21 bits per heavy atom. The Morgan fingerprint density at radius 2 is 1.83 bits per heavy atom. The maximum Gasteiger partial charge on any atom is 0.128 e. The third kappa shape index (κ3) is 4.18. The van der Waals surface area contributed by atoms with Gasteiger partial charge in [-0.05, 0) is 81.0 Å².